The zero-order valence-corrected chi connectivity index (χ0v) is 7.83. The summed E-state index contributed by atoms with van der Waals surface area (Å²) in [5.41, 5.74) is 1.73. The molecule has 1 N–H and O–H groups in total. The Bertz CT molecular complexity index is 284. The normalized spacial score (nSPS) is 9.62. The lowest BCUT2D eigenvalue weighted by Crippen LogP contribution is -2.07. The summed E-state index contributed by atoms with van der Waals surface area (Å²) in [5, 5.41) is 3.03. The van der Waals surface area contributed by atoms with E-state index in [1.165, 1.54) is 7.11 Å². The van der Waals surface area contributed by atoms with Crippen molar-refractivity contribution in [1.82, 2.24) is 5.23 Å². The number of hydrogen-bond acceptors (Lipinski definition) is 3. The highest BCUT2D eigenvalue weighted by Gasteiger charge is 2.03. The van der Waals surface area contributed by atoms with Crippen LogP contribution in [0.5, 0.6) is 0 Å². The van der Waals surface area contributed by atoms with Crippen molar-refractivity contribution in [3.05, 3.63) is 35.4 Å². The molecule has 0 aliphatic carbocycles. The minimum absolute atomic E-state index is 0.295. The highest BCUT2D eigenvalue weighted by atomic mass is 16.5. The molecule has 0 unspecified atom stereocenters. The van der Waals surface area contributed by atoms with Crippen LogP contribution >= 0.6 is 0 Å². The third-order valence-corrected chi connectivity index (χ3v) is 1.76. The molecule has 1 aromatic carbocycles. The van der Waals surface area contributed by atoms with E-state index >= 15 is 0 Å². The predicted molar refractivity (Wildman–Crippen MR) is 53.2 cm³/mol. The first-order valence-electron chi connectivity index (χ1n) is 4.09. The SMILES string of the molecule is BNCc1ccc(C(=O)OC)cc1. The number of rotatable bonds is 3. The van der Waals surface area contributed by atoms with Crippen LogP contribution in [-0.2, 0) is 11.3 Å². The van der Waals surface area contributed by atoms with Crippen LogP contribution in [0.4, 0.5) is 0 Å². The van der Waals surface area contributed by atoms with Crippen molar-refractivity contribution < 1.29 is 9.53 Å². The third kappa shape index (κ3) is 2.59. The first kappa shape index (κ1) is 9.80. The monoisotopic (exact) mass is 177 g/mol. The average molecular weight is 177 g/mol. The van der Waals surface area contributed by atoms with Crippen LogP contribution in [0.1, 0.15) is 15.9 Å². The second-order valence-electron chi connectivity index (χ2n) is 2.72. The Hall–Kier alpha value is -1.29. The fourth-order valence-corrected chi connectivity index (χ4v) is 1.08. The predicted octanol–water partition coefficient (Wildman–Crippen LogP) is 0.111. The van der Waals surface area contributed by atoms with Gasteiger partial charge in [0.15, 0.2) is 7.98 Å². The number of hydrogen-bond donors (Lipinski definition) is 1. The Morgan fingerprint density at radius 2 is 2.08 bits per heavy atom. The van der Waals surface area contributed by atoms with Crippen LogP contribution in [0, 0.1) is 0 Å². The van der Waals surface area contributed by atoms with Gasteiger partial charge in [0.1, 0.15) is 0 Å². The summed E-state index contributed by atoms with van der Waals surface area (Å²) in [5.74, 6) is -0.295. The lowest BCUT2D eigenvalue weighted by molar-refractivity contribution is 0.0600. The molecule has 0 aliphatic heterocycles. The molecule has 0 spiro atoms. The summed E-state index contributed by atoms with van der Waals surface area (Å²) in [6.07, 6.45) is 0. The fraction of sp³-hybridized carbons (Fsp3) is 0.222. The molecule has 0 atom stereocenters. The molecule has 0 saturated heterocycles. The zero-order chi connectivity index (χ0) is 9.68. The van der Waals surface area contributed by atoms with Crippen LogP contribution in [0.3, 0.4) is 0 Å². The summed E-state index contributed by atoms with van der Waals surface area (Å²) in [4.78, 5) is 11.0. The molecule has 0 bridgehead atoms. The number of esters is 1. The molecule has 4 heteroatoms. The molecule has 0 saturated carbocycles. The lowest BCUT2D eigenvalue weighted by atomic mass is 10.1. The van der Waals surface area contributed by atoms with Crippen molar-refractivity contribution in [3.8, 4) is 0 Å². The molecule has 1 aromatic rings. The van der Waals surface area contributed by atoms with Gasteiger partial charge < -0.3 is 9.96 Å². The van der Waals surface area contributed by atoms with Gasteiger partial charge in [-0.05, 0) is 17.7 Å². The van der Waals surface area contributed by atoms with E-state index in [0.29, 0.717) is 5.56 Å². The van der Waals surface area contributed by atoms with Crippen LogP contribution in [0.2, 0.25) is 0 Å². The highest BCUT2D eigenvalue weighted by molar-refractivity contribution is 6.04. The van der Waals surface area contributed by atoms with Gasteiger partial charge in [0.2, 0.25) is 0 Å². The molecule has 0 aliphatic rings. The molecule has 0 radical (unpaired) electrons. The van der Waals surface area contributed by atoms with E-state index in [2.05, 4.69) is 9.96 Å². The zero-order valence-electron chi connectivity index (χ0n) is 7.83. The lowest BCUT2D eigenvalue weighted by Gasteiger charge is -2.01. The Morgan fingerprint density at radius 3 is 2.54 bits per heavy atom. The molecule has 68 valence electrons. The minimum atomic E-state index is -0.295. The maximum atomic E-state index is 11.0. The molecule has 1 rings (SSSR count). The first-order chi connectivity index (χ1) is 6.27. The Kier molecular flexibility index (Phi) is 3.52. The molecular formula is C9H12BNO2. The topological polar surface area (TPSA) is 38.3 Å². The molecular weight excluding hydrogens is 165 g/mol. The fourth-order valence-electron chi connectivity index (χ4n) is 1.08. The molecule has 3 nitrogen and oxygen atoms in total. The number of carbonyl (C=O) groups excluding carboxylic acids is 1. The van der Waals surface area contributed by atoms with Crippen molar-refractivity contribution in [2.45, 2.75) is 6.54 Å². The first-order valence-corrected chi connectivity index (χ1v) is 4.09. The van der Waals surface area contributed by atoms with Gasteiger partial charge in [-0.3, -0.25) is 0 Å². The molecule has 13 heavy (non-hydrogen) atoms. The van der Waals surface area contributed by atoms with Gasteiger partial charge in [-0.1, -0.05) is 12.1 Å². The summed E-state index contributed by atoms with van der Waals surface area (Å²) in [6.45, 7) is 0.807. The Morgan fingerprint density at radius 1 is 1.46 bits per heavy atom. The number of nitrogens with one attached hydrogen (secondary N) is 1. The number of carbonyl (C=O) groups is 1. The van der Waals surface area contributed by atoms with Gasteiger partial charge in [-0.25, -0.2) is 4.79 Å². The van der Waals surface area contributed by atoms with Crippen molar-refractivity contribution in [3.63, 3.8) is 0 Å². The van der Waals surface area contributed by atoms with Crippen molar-refractivity contribution in [2.75, 3.05) is 7.11 Å². The molecule has 0 amide bonds. The smallest absolute Gasteiger partial charge is 0.337 e. The van der Waals surface area contributed by atoms with E-state index in [1.807, 2.05) is 20.1 Å². The molecule has 0 fully saturated rings. The Labute approximate surface area is 78.5 Å². The molecule has 0 heterocycles. The van der Waals surface area contributed by atoms with Crippen molar-refractivity contribution >= 4 is 14.0 Å². The van der Waals surface area contributed by atoms with Crippen LogP contribution in [-0.4, -0.2) is 21.1 Å². The van der Waals surface area contributed by atoms with Gasteiger partial charge in [-0.15, -0.1) is 0 Å². The van der Waals surface area contributed by atoms with Gasteiger partial charge >= 0.3 is 5.97 Å². The van der Waals surface area contributed by atoms with Gasteiger partial charge in [0.05, 0.1) is 12.7 Å². The number of ether oxygens (including phenoxy) is 1. The highest BCUT2D eigenvalue weighted by Crippen LogP contribution is 2.04. The average Bonchev–Trinajstić information content (AvgIpc) is 2.18. The van der Waals surface area contributed by atoms with E-state index in [-0.39, 0.29) is 5.97 Å². The van der Waals surface area contributed by atoms with Gasteiger partial charge in [-0.2, -0.15) is 0 Å². The summed E-state index contributed by atoms with van der Waals surface area (Å²) < 4.78 is 4.58. The largest absolute Gasteiger partial charge is 0.465 e. The second-order valence-corrected chi connectivity index (χ2v) is 2.72. The van der Waals surface area contributed by atoms with Crippen molar-refractivity contribution in [1.29, 1.82) is 0 Å². The van der Waals surface area contributed by atoms with E-state index in [4.69, 9.17) is 0 Å². The van der Waals surface area contributed by atoms with Crippen LogP contribution in [0.15, 0.2) is 24.3 Å². The van der Waals surface area contributed by atoms with E-state index in [0.717, 1.165) is 12.1 Å². The number of methoxy groups -OCH3 is 1. The standard InChI is InChI=1S/C9H12BNO2/c1-13-9(12)8-4-2-7(3-5-8)6-11-10/h2-5,11H,6,10H2,1H3. The maximum Gasteiger partial charge on any atom is 0.337 e. The van der Waals surface area contributed by atoms with Crippen molar-refractivity contribution in [2.24, 2.45) is 0 Å². The summed E-state index contributed by atoms with van der Waals surface area (Å²) >= 11 is 0. The summed E-state index contributed by atoms with van der Waals surface area (Å²) in [6, 6.07) is 7.34. The van der Waals surface area contributed by atoms with E-state index in [9.17, 15) is 4.79 Å². The number of benzene rings is 1. The van der Waals surface area contributed by atoms with Crippen LogP contribution < -0.4 is 5.23 Å². The van der Waals surface area contributed by atoms with E-state index < -0.39 is 0 Å². The van der Waals surface area contributed by atoms with Gasteiger partial charge in [0.25, 0.3) is 0 Å². The minimum Gasteiger partial charge on any atom is -0.465 e. The quantitative estimate of drug-likeness (QED) is 0.526. The molecule has 0 aromatic heterocycles. The van der Waals surface area contributed by atoms with E-state index in [1.54, 1.807) is 12.1 Å². The van der Waals surface area contributed by atoms with Gasteiger partial charge in [0, 0.05) is 6.54 Å². The summed E-state index contributed by atoms with van der Waals surface area (Å²) in [7, 11) is 3.26. The maximum absolute atomic E-state index is 11.0. The van der Waals surface area contributed by atoms with Crippen LogP contribution in [0.25, 0.3) is 0 Å². The third-order valence-electron chi connectivity index (χ3n) is 1.76. The Balaban J connectivity index is 2.75. The second kappa shape index (κ2) is 4.67.